The average molecular weight is 642 g/mol. The number of hydrogen-bond donors (Lipinski definition) is 0. The zero-order valence-electron chi connectivity index (χ0n) is 26.7. The quantitative estimate of drug-likeness (QED) is 0.187. The molecule has 5 nitrogen and oxygen atoms in total. The molecule has 0 fully saturated rings. The number of hydrogen-bond acceptors (Lipinski definition) is 5. The van der Waals surface area contributed by atoms with Crippen LogP contribution in [0.2, 0.25) is 0 Å². The summed E-state index contributed by atoms with van der Waals surface area (Å²) in [5.41, 5.74) is 10.1. The average Bonchev–Trinajstić information content (AvgIpc) is 3.77. The number of furan rings is 2. The van der Waals surface area contributed by atoms with Crippen LogP contribution in [0.15, 0.2) is 173 Å². The zero-order chi connectivity index (χ0) is 33.0. The van der Waals surface area contributed by atoms with Crippen molar-refractivity contribution in [2.75, 3.05) is 0 Å². The molecule has 0 saturated carbocycles. The van der Waals surface area contributed by atoms with Crippen molar-refractivity contribution in [3.05, 3.63) is 164 Å². The van der Waals surface area contributed by atoms with E-state index in [1.54, 1.807) is 0 Å². The molecular formula is C45H27N3O2. The molecule has 0 amide bonds. The highest BCUT2D eigenvalue weighted by molar-refractivity contribution is 6.16. The van der Waals surface area contributed by atoms with E-state index in [1.165, 1.54) is 0 Å². The molecule has 0 atom stereocenters. The molecule has 0 bridgehead atoms. The van der Waals surface area contributed by atoms with Crippen molar-refractivity contribution in [3.8, 4) is 56.4 Å². The number of nitrogens with zero attached hydrogens (tertiary/aromatic N) is 3. The van der Waals surface area contributed by atoms with Crippen LogP contribution in [0.3, 0.4) is 0 Å². The van der Waals surface area contributed by atoms with Gasteiger partial charge in [-0.05, 0) is 41.0 Å². The lowest BCUT2D eigenvalue weighted by molar-refractivity contribution is 0.668. The fourth-order valence-electron chi connectivity index (χ4n) is 7.01. The minimum Gasteiger partial charge on any atom is -0.456 e. The van der Waals surface area contributed by atoms with E-state index in [9.17, 15) is 0 Å². The Kier molecular flexibility index (Phi) is 6.42. The van der Waals surface area contributed by atoms with Gasteiger partial charge in [0.2, 0.25) is 0 Å². The van der Waals surface area contributed by atoms with Crippen LogP contribution >= 0.6 is 0 Å². The minimum atomic E-state index is 0.555. The maximum Gasteiger partial charge on any atom is 0.167 e. The highest BCUT2D eigenvalue weighted by Crippen LogP contribution is 2.44. The van der Waals surface area contributed by atoms with Crippen molar-refractivity contribution < 1.29 is 8.83 Å². The van der Waals surface area contributed by atoms with Crippen molar-refractivity contribution in [3.63, 3.8) is 0 Å². The molecule has 234 valence electrons. The molecule has 3 heterocycles. The molecule has 0 spiro atoms. The summed E-state index contributed by atoms with van der Waals surface area (Å²) in [6.45, 7) is 0. The summed E-state index contributed by atoms with van der Waals surface area (Å²) in [4.78, 5) is 14.9. The first-order valence-electron chi connectivity index (χ1n) is 16.6. The molecule has 10 aromatic rings. The van der Waals surface area contributed by atoms with Gasteiger partial charge in [-0.15, -0.1) is 0 Å². The predicted octanol–water partition coefficient (Wildman–Crippen LogP) is 12.0. The van der Waals surface area contributed by atoms with E-state index in [0.29, 0.717) is 17.5 Å². The highest BCUT2D eigenvalue weighted by Gasteiger charge is 2.21. The Morgan fingerprint density at radius 3 is 1.50 bits per heavy atom. The summed E-state index contributed by atoms with van der Waals surface area (Å²) in [6.07, 6.45) is 0. The Morgan fingerprint density at radius 1 is 0.320 bits per heavy atom. The number of aromatic nitrogens is 3. The second-order valence-corrected chi connectivity index (χ2v) is 12.4. The Balaban J connectivity index is 1.20. The van der Waals surface area contributed by atoms with Crippen LogP contribution in [0.5, 0.6) is 0 Å². The van der Waals surface area contributed by atoms with Crippen molar-refractivity contribution in [1.29, 1.82) is 0 Å². The first kappa shape index (κ1) is 28.2. The Bertz CT molecular complexity index is 2800. The standard InChI is InChI=1S/C45H27N3O2/c1-4-14-28(15-5-1)37-26-31(27-39-40(37)35-20-10-11-25-38(35)49-39)32-21-12-22-33-34-23-13-24-36(42(34)50-41(32)33)45-47-43(29-16-6-2-7-17-29)46-44(48-45)30-18-8-3-9-19-30/h1-27H. The Labute approximate surface area is 287 Å². The van der Waals surface area contributed by atoms with E-state index in [-0.39, 0.29) is 0 Å². The maximum absolute atomic E-state index is 6.90. The van der Waals surface area contributed by atoms with Gasteiger partial charge in [0, 0.05) is 38.2 Å². The molecule has 5 heteroatoms. The first-order valence-corrected chi connectivity index (χ1v) is 16.6. The molecule has 0 N–H and O–H groups in total. The number of rotatable bonds is 5. The SMILES string of the molecule is c1ccc(-c2nc(-c3ccccc3)nc(-c3cccc4c3oc3c(-c5cc(-c6ccccc6)c6c(c5)oc5ccccc56)cccc34)n2)cc1. The van der Waals surface area contributed by atoms with Gasteiger partial charge in [-0.25, -0.2) is 15.0 Å². The predicted molar refractivity (Wildman–Crippen MR) is 202 cm³/mol. The van der Waals surface area contributed by atoms with Gasteiger partial charge in [-0.3, -0.25) is 0 Å². The topological polar surface area (TPSA) is 65.0 Å². The summed E-state index contributed by atoms with van der Waals surface area (Å²) in [5, 5.41) is 4.22. The van der Waals surface area contributed by atoms with Crippen LogP contribution in [0.1, 0.15) is 0 Å². The summed E-state index contributed by atoms with van der Waals surface area (Å²) in [7, 11) is 0. The van der Waals surface area contributed by atoms with E-state index < -0.39 is 0 Å². The van der Waals surface area contributed by atoms with Crippen LogP contribution in [0.25, 0.3) is 100 Å². The Hall–Kier alpha value is -6.85. The molecule has 0 radical (unpaired) electrons. The van der Waals surface area contributed by atoms with E-state index in [0.717, 1.165) is 82.8 Å². The van der Waals surface area contributed by atoms with Crippen LogP contribution in [-0.2, 0) is 0 Å². The molecule has 50 heavy (non-hydrogen) atoms. The molecule has 10 rings (SSSR count). The molecule has 3 aromatic heterocycles. The van der Waals surface area contributed by atoms with Crippen molar-refractivity contribution in [2.24, 2.45) is 0 Å². The molecule has 7 aromatic carbocycles. The number of benzene rings is 7. The third kappa shape index (κ3) is 4.60. The molecule has 0 unspecified atom stereocenters. The van der Waals surface area contributed by atoms with Crippen molar-refractivity contribution >= 4 is 43.9 Å². The first-order chi connectivity index (χ1) is 24.8. The summed E-state index contributed by atoms with van der Waals surface area (Å²) in [5.74, 6) is 1.77. The van der Waals surface area contributed by atoms with E-state index >= 15 is 0 Å². The lowest BCUT2D eigenvalue weighted by Crippen LogP contribution is -2.00. The third-order valence-electron chi connectivity index (χ3n) is 9.34. The summed E-state index contributed by atoms with van der Waals surface area (Å²) < 4.78 is 13.4. The van der Waals surface area contributed by atoms with Crippen molar-refractivity contribution in [1.82, 2.24) is 15.0 Å². The number of para-hydroxylation sites is 3. The normalized spacial score (nSPS) is 11.6. The summed E-state index contributed by atoms with van der Waals surface area (Å²) >= 11 is 0. The third-order valence-corrected chi connectivity index (χ3v) is 9.34. The molecule has 0 aliphatic heterocycles. The molecule has 0 aliphatic rings. The Morgan fingerprint density at radius 2 is 0.840 bits per heavy atom. The second-order valence-electron chi connectivity index (χ2n) is 12.4. The molecule has 0 aliphatic carbocycles. The van der Waals surface area contributed by atoms with Gasteiger partial charge < -0.3 is 8.83 Å². The fraction of sp³-hybridized carbons (Fsp3) is 0. The van der Waals surface area contributed by atoms with Gasteiger partial charge in [0.1, 0.15) is 22.3 Å². The van der Waals surface area contributed by atoms with Gasteiger partial charge in [-0.2, -0.15) is 0 Å². The lowest BCUT2D eigenvalue weighted by Gasteiger charge is -2.09. The van der Waals surface area contributed by atoms with E-state index in [1.807, 2.05) is 91.0 Å². The second kappa shape index (κ2) is 11.4. The van der Waals surface area contributed by atoms with Crippen LogP contribution in [0, 0.1) is 0 Å². The van der Waals surface area contributed by atoms with Gasteiger partial charge in [0.05, 0.1) is 5.56 Å². The van der Waals surface area contributed by atoms with E-state index in [4.69, 9.17) is 23.8 Å². The molecular weight excluding hydrogens is 615 g/mol. The van der Waals surface area contributed by atoms with Crippen LogP contribution in [-0.4, -0.2) is 15.0 Å². The van der Waals surface area contributed by atoms with Gasteiger partial charge in [0.25, 0.3) is 0 Å². The maximum atomic E-state index is 6.90. The smallest absolute Gasteiger partial charge is 0.167 e. The number of fused-ring (bicyclic) bond motifs is 6. The minimum absolute atomic E-state index is 0.555. The summed E-state index contributed by atoms with van der Waals surface area (Å²) in [6, 6.07) is 55.6. The van der Waals surface area contributed by atoms with Gasteiger partial charge >= 0.3 is 0 Å². The molecule has 0 saturated heterocycles. The lowest BCUT2D eigenvalue weighted by atomic mass is 9.94. The van der Waals surface area contributed by atoms with Gasteiger partial charge in [-0.1, -0.05) is 140 Å². The van der Waals surface area contributed by atoms with Crippen LogP contribution < -0.4 is 0 Å². The van der Waals surface area contributed by atoms with Gasteiger partial charge in [0.15, 0.2) is 17.5 Å². The largest absolute Gasteiger partial charge is 0.456 e. The monoisotopic (exact) mass is 641 g/mol. The van der Waals surface area contributed by atoms with Crippen LogP contribution in [0.4, 0.5) is 0 Å². The highest BCUT2D eigenvalue weighted by atomic mass is 16.3. The fourth-order valence-corrected chi connectivity index (χ4v) is 7.01. The van der Waals surface area contributed by atoms with E-state index in [2.05, 4.69) is 72.8 Å². The zero-order valence-corrected chi connectivity index (χ0v) is 26.7. The van der Waals surface area contributed by atoms with Crippen molar-refractivity contribution in [2.45, 2.75) is 0 Å².